The van der Waals surface area contributed by atoms with Crippen LogP contribution in [0.5, 0.6) is 0 Å². The van der Waals surface area contributed by atoms with Crippen LogP contribution in [0, 0.1) is 52.3 Å². The van der Waals surface area contributed by atoms with Gasteiger partial charge in [-0.15, -0.1) is 0 Å². The van der Waals surface area contributed by atoms with Crippen LogP contribution in [0.15, 0.2) is 0 Å². The minimum Gasteiger partial charge on any atom is -0.393 e. The summed E-state index contributed by atoms with van der Waals surface area (Å²) in [7, 11) is 0. The fourth-order valence-corrected chi connectivity index (χ4v) is 10.8. The molecule has 4 aliphatic carbocycles. The zero-order chi connectivity index (χ0) is 29.5. The monoisotopic (exact) mass is 575 g/mol. The minimum atomic E-state index is -0.0783. The van der Waals surface area contributed by atoms with Crippen LogP contribution in [0.4, 0.5) is 0 Å². The average molecular weight is 575 g/mol. The van der Waals surface area contributed by atoms with Crippen molar-refractivity contribution in [2.24, 2.45) is 58.0 Å². The number of aliphatic hydroxyl groups excluding tert-OH is 1. The van der Waals surface area contributed by atoms with Crippen LogP contribution in [0.25, 0.3) is 0 Å². The molecular formula is C36H70N4O. The quantitative estimate of drug-likeness (QED) is 0.131. The lowest BCUT2D eigenvalue weighted by Gasteiger charge is -2.62. The summed E-state index contributed by atoms with van der Waals surface area (Å²) < 4.78 is 0. The first-order chi connectivity index (χ1) is 19.7. The van der Waals surface area contributed by atoms with E-state index >= 15 is 0 Å². The third-order valence-corrected chi connectivity index (χ3v) is 13.1. The molecule has 0 amide bonds. The fraction of sp³-hybridized carbons (Fsp3) is 1.00. The van der Waals surface area contributed by atoms with Gasteiger partial charge in [-0.05, 0) is 162 Å². The molecule has 0 aromatic heterocycles. The van der Waals surface area contributed by atoms with Gasteiger partial charge in [0.25, 0.3) is 0 Å². The average Bonchev–Trinajstić information content (AvgIpc) is 3.29. The zero-order valence-electron chi connectivity index (χ0n) is 27.9. The maximum absolute atomic E-state index is 11.8. The van der Waals surface area contributed by atoms with Crippen molar-refractivity contribution in [2.45, 2.75) is 137 Å². The Morgan fingerprint density at radius 1 is 0.756 bits per heavy atom. The van der Waals surface area contributed by atoms with E-state index in [0.717, 1.165) is 81.7 Å². The van der Waals surface area contributed by atoms with E-state index in [1.165, 1.54) is 77.0 Å². The van der Waals surface area contributed by atoms with E-state index in [4.69, 9.17) is 5.73 Å². The molecule has 5 heteroatoms. The summed E-state index contributed by atoms with van der Waals surface area (Å²) in [5, 5.41) is 22.8. The lowest BCUT2D eigenvalue weighted by molar-refractivity contribution is -0.167. The second-order valence-electron chi connectivity index (χ2n) is 16.1. The summed E-state index contributed by atoms with van der Waals surface area (Å²) in [5.41, 5.74) is 6.43. The molecule has 0 spiro atoms. The van der Waals surface area contributed by atoms with E-state index in [0.29, 0.717) is 28.7 Å². The third kappa shape index (κ3) is 8.10. The van der Waals surface area contributed by atoms with Gasteiger partial charge in [0.15, 0.2) is 0 Å². The topological polar surface area (TPSA) is 82.3 Å². The molecule has 4 saturated carbocycles. The van der Waals surface area contributed by atoms with Crippen LogP contribution in [-0.4, -0.2) is 56.5 Å². The number of fused-ring (bicyclic) bond motifs is 5. The predicted octanol–water partition coefficient (Wildman–Crippen LogP) is 6.34. The van der Waals surface area contributed by atoms with Gasteiger partial charge in [-0.3, -0.25) is 0 Å². The first kappa shape index (κ1) is 33.7. The van der Waals surface area contributed by atoms with Crippen molar-refractivity contribution < 1.29 is 5.11 Å². The van der Waals surface area contributed by atoms with Gasteiger partial charge in [0.05, 0.1) is 6.10 Å². The normalized spacial score (nSPS) is 39.4. The van der Waals surface area contributed by atoms with Crippen molar-refractivity contribution >= 4 is 0 Å². The lowest BCUT2D eigenvalue weighted by Crippen LogP contribution is -2.59. The molecule has 0 aromatic rings. The molecule has 6 N–H and O–H groups in total. The lowest BCUT2D eigenvalue weighted by atomic mass is 9.43. The molecule has 4 rings (SSSR count). The first-order valence-corrected chi connectivity index (χ1v) is 18.2. The number of rotatable bonds is 17. The molecule has 0 aromatic carbocycles. The summed E-state index contributed by atoms with van der Waals surface area (Å²) in [4.78, 5) is 0. The second-order valence-corrected chi connectivity index (χ2v) is 16.1. The Kier molecular flexibility index (Phi) is 12.9. The minimum absolute atomic E-state index is 0.0783. The molecule has 0 radical (unpaired) electrons. The van der Waals surface area contributed by atoms with Crippen molar-refractivity contribution in [1.82, 2.24) is 16.0 Å². The SMILES string of the molecule is CC(C)CCC[C@@H](C)[C@H]1CCC2C3C(CC[C@@]21C)[C@@]1(C)CC[C@H](NCCCNCCCNCCCN)C[C@@H]1C[C@H]3O. The highest BCUT2D eigenvalue weighted by Gasteiger charge is 2.62. The van der Waals surface area contributed by atoms with Gasteiger partial charge in [0, 0.05) is 6.04 Å². The maximum atomic E-state index is 11.8. The van der Waals surface area contributed by atoms with E-state index < -0.39 is 0 Å². The van der Waals surface area contributed by atoms with Gasteiger partial charge in [-0.2, -0.15) is 0 Å². The highest BCUT2D eigenvalue weighted by atomic mass is 16.3. The standard InChI is InChI=1S/C36H70N4O/c1-26(2)10-6-11-27(3)30-12-13-31-34-32(15-17-36(30,31)5)35(4)16-14-29(24-28(35)25-33(34)41)40-23-9-22-39-21-8-20-38-19-7-18-37/h26-34,38-41H,6-25,37H2,1-5H3/t27-,28-,29+,30-,31?,32?,33-,34?,35+,36-/m1/s1. The van der Waals surface area contributed by atoms with Crippen LogP contribution < -0.4 is 21.7 Å². The Bertz CT molecular complexity index is 762. The number of hydrogen-bond acceptors (Lipinski definition) is 5. The van der Waals surface area contributed by atoms with Crippen LogP contribution in [0.1, 0.15) is 125 Å². The van der Waals surface area contributed by atoms with E-state index in [-0.39, 0.29) is 6.10 Å². The molecule has 240 valence electrons. The Balaban J connectivity index is 1.22. The van der Waals surface area contributed by atoms with Gasteiger partial charge in [0.2, 0.25) is 0 Å². The Hall–Kier alpha value is -0.200. The molecule has 0 saturated heterocycles. The van der Waals surface area contributed by atoms with Gasteiger partial charge in [-0.1, -0.05) is 53.9 Å². The molecule has 0 heterocycles. The Morgan fingerprint density at radius 2 is 1.41 bits per heavy atom. The molecule has 0 aliphatic heterocycles. The summed E-state index contributed by atoms with van der Waals surface area (Å²) in [6.07, 6.45) is 18.1. The number of nitrogens with one attached hydrogen (secondary N) is 3. The van der Waals surface area contributed by atoms with Crippen molar-refractivity contribution in [3.05, 3.63) is 0 Å². The van der Waals surface area contributed by atoms with Crippen molar-refractivity contribution in [2.75, 3.05) is 39.3 Å². The molecule has 0 bridgehead atoms. The number of aliphatic hydroxyl groups is 1. The van der Waals surface area contributed by atoms with Crippen molar-refractivity contribution in [3.8, 4) is 0 Å². The van der Waals surface area contributed by atoms with Gasteiger partial charge < -0.3 is 26.8 Å². The molecular weight excluding hydrogens is 504 g/mol. The Labute approximate surface area is 254 Å². The van der Waals surface area contributed by atoms with Crippen LogP contribution in [0.3, 0.4) is 0 Å². The van der Waals surface area contributed by atoms with Crippen molar-refractivity contribution in [1.29, 1.82) is 0 Å². The summed E-state index contributed by atoms with van der Waals surface area (Å²) in [5.74, 6) is 5.25. The van der Waals surface area contributed by atoms with Crippen LogP contribution in [0.2, 0.25) is 0 Å². The second kappa shape index (κ2) is 15.7. The summed E-state index contributed by atoms with van der Waals surface area (Å²) in [6, 6.07) is 0.639. The number of nitrogens with two attached hydrogens (primary N) is 1. The molecule has 4 fully saturated rings. The zero-order valence-corrected chi connectivity index (χ0v) is 27.9. The van der Waals surface area contributed by atoms with Crippen molar-refractivity contribution in [3.63, 3.8) is 0 Å². The van der Waals surface area contributed by atoms with Crippen LogP contribution >= 0.6 is 0 Å². The maximum Gasteiger partial charge on any atom is 0.0577 e. The van der Waals surface area contributed by atoms with Crippen LogP contribution in [-0.2, 0) is 0 Å². The van der Waals surface area contributed by atoms with Gasteiger partial charge in [0.1, 0.15) is 0 Å². The highest BCUT2D eigenvalue weighted by molar-refractivity contribution is 5.12. The predicted molar refractivity (Wildman–Crippen MR) is 175 cm³/mol. The fourth-order valence-electron chi connectivity index (χ4n) is 10.8. The first-order valence-electron chi connectivity index (χ1n) is 18.2. The molecule has 5 nitrogen and oxygen atoms in total. The summed E-state index contributed by atoms with van der Waals surface area (Å²) in [6.45, 7) is 18.8. The van der Waals surface area contributed by atoms with E-state index in [1.807, 2.05) is 0 Å². The largest absolute Gasteiger partial charge is 0.393 e. The highest BCUT2D eigenvalue weighted by Crippen LogP contribution is 2.68. The molecule has 41 heavy (non-hydrogen) atoms. The molecule has 3 unspecified atom stereocenters. The number of hydrogen-bond donors (Lipinski definition) is 5. The van der Waals surface area contributed by atoms with E-state index in [2.05, 4.69) is 50.6 Å². The third-order valence-electron chi connectivity index (χ3n) is 13.1. The van der Waals surface area contributed by atoms with Gasteiger partial charge >= 0.3 is 0 Å². The summed E-state index contributed by atoms with van der Waals surface area (Å²) >= 11 is 0. The van der Waals surface area contributed by atoms with E-state index in [9.17, 15) is 5.11 Å². The van der Waals surface area contributed by atoms with E-state index in [1.54, 1.807) is 0 Å². The molecule has 10 atom stereocenters. The smallest absolute Gasteiger partial charge is 0.0577 e. The van der Waals surface area contributed by atoms with Gasteiger partial charge in [-0.25, -0.2) is 0 Å². The molecule has 4 aliphatic rings. The Morgan fingerprint density at radius 3 is 2.12 bits per heavy atom.